The molecule has 2 aromatic rings. The minimum atomic E-state index is -0.828. The van der Waals surface area contributed by atoms with Crippen molar-refractivity contribution in [2.75, 3.05) is 11.9 Å². The molecule has 0 spiro atoms. The number of amides is 2. The number of anilines is 1. The summed E-state index contributed by atoms with van der Waals surface area (Å²) in [6, 6.07) is 17.4. The van der Waals surface area contributed by atoms with Crippen molar-refractivity contribution >= 4 is 23.5 Å². The van der Waals surface area contributed by atoms with E-state index in [1.807, 2.05) is 36.4 Å². The van der Waals surface area contributed by atoms with Gasteiger partial charge in [-0.3, -0.25) is 14.4 Å². The molecule has 2 rings (SSSR count). The standard InChI is InChI=1S/C21H24N2O4/c1-2-27-20(25)14-13-18(21(26)22-17-11-7-4-8-12-17)23-19(24)15-16-9-5-3-6-10-16/h3-12,18H,2,13-15H2,1H3,(H,22,26)(H,23,24)/t18-/m1/s1. The Kier molecular flexibility index (Phi) is 8.03. The van der Waals surface area contributed by atoms with Gasteiger partial charge in [0.15, 0.2) is 0 Å². The summed E-state index contributed by atoms with van der Waals surface area (Å²) in [7, 11) is 0. The maximum absolute atomic E-state index is 12.6. The van der Waals surface area contributed by atoms with E-state index < -0.39 is 12.0 Å². The number of para-hydroxylation sites is 1. The van der Waals surface area contributed by atoms with Crippen LogP contribution in [0.5, 0.6) is 0 Å². The molecule has 0 aliphatic rings. The molecule has 0 fully saturated rings. The molecule has 2 aromatic carbocycles. The third kappa shape index (κ3) is 7.32. The average Bonchev–Trinajstić information content (AvgIpc) is 2.67. The molecular weight excluding hydrogens is 344 g/mol. The first-order valence-corrected chi connectivity index (χ1v) is 8.93. The number of nitrogens with one attached hydrogen (secondary N) is 2. The van der Waals surface area contributed by atoms with E-state index in [-0.39, 0.29) is 37.7 Å². The lowest BCUT2D eigenvalue weighted by molar-refractivity contribution is -0.143. The van der Waals surface area contributed by atoms with E-state index >= 15 is 0 Å². The summed E-state index contributed by atoms with van der Waals surface area (Å²) in [5.74, 6) is -1.04. The number of carbonyl (C=O) groups excluding carboxylic acids is 3. The predicted molar refractivity (Wildman–Crippen MR) is 103 cm³/mol. The molecule has 1 atom stereocenters. The van der Waals surface area contributed by atoms with Crippen LogP contribution in [0.25, 0.3) is 0 Å². The Balaban J connectivity index is 2.00. The van der Waals surface area contributed by atoms with Gasteiger partial charge in [-0.1, -0.05) is 48.5 Å². The zero-order valence-electron chi connectivity index (χ0n) is 15.3. The zero-order valence-corrected chi connectivity index (χ0v) is 15.3. The smallest absolute Gasteiger partial charge is 0.305 e. The summed E-state index contributed by atoms with van der Waals surface area (Å²) in [5, 5.41) is 5.49. The number of benzene rings is 2. The molecule has 6 nitrogen and oxygen atoms in total. The monoisotopic (exact) mass is 368 g/mol. The van der Waals surface area contributed by atoms with Gasteiger partial charge >= 0.3 is 5.97 Å². The van der Waals surface area contributed by atoms with Gasteiger partial charge in [-0.2, -0.15) is 0 Å². The first kappa shape index (κ1) is 20.2. The SMILES string of the molecule is CCOC(=O)CC[C@@H](NC(=O)Cc1ccccc1)C(=O)Nc1ccccc1. The summed E-state index contributed by atoms with van der Waals surface area (Å²) in [5.41, 5.74) is 1.48. The van der Waals surface area contributed by atoms with Gasteiger partial charge in [-0.25, -0.2) is 0 Å². The Morgan fingerprint density at radius 2 is 1.59 bits per heavy atom. The number of hydrogen-bond donors (Lipinski definition) is 2. The van der Waals surface area contributed by atoms with E-state index in [0.717, 1.165) is 5.56 Å². The minimum Gasteiger partial charge on any atom is -0.466 e. The van der Waals surface area contributed by atoms with Gasteiger partial charge in [-0.15, -0.1) is 0 Å². The topological polar surface area (TPSA) is 84.5 Å². The molecule has 2 amide bonds. The van der Waals surface area contributed by atoms with Gasteiger partial charge in [0, 0.05) is 12.1 Å². The van der Waals surface area contributed by atoms with Crippen LogP contribution < -0.4 is 10.6 Å². The summed E-state index contributed by atoms with van der Waals surface area (Å²) in [6.45, 7) is 2.00. The van der Waals surface area contributed by atoms with Gasteiger partial charge in [0.2, 0.25) is 11.8 Å². The zero-order chi connectivity index (χ0) is 19.5. The van der Waals surface area contributed by atoms with Crippen LogP contribution in [0.15, 0.2) is 60.7 Å². The van der Waals surface area contributed by atoms with E-state index in [4.69, 9.17) is 4.74 Å². The summed E-state index contributed by atoms with van der Waals surface area (Å²) in [6.07, 6.45) is 0.375. The Bertz CT molecular complexity index is 747. The van der Waals surface area contributed by atoms with Crippen molar-refractivity contribution in [2.24, 2.45) is 0 Å². The van der Waals surface area contributed by atoms with Crippen LogP contribution in [0.1, 0.15) is 25.3 Å². The third-order valence-corrected chi connectivity index (χ3v) is 3.84. The van der Waals surface area contributed by atoms with Crippen molar-refractivity contribution in [3.05, 3.63) is 66.2 Å². The van der Waals surface area contributed by atoms with Gasteiger partial charge in [0.1, 0.15) is 6.04 Å². The molecule has 2 N–H and O–H groups in total. The predicted octanol–water partition coefficient (Wildman–Crippen LogP) is 2.70. The lowest BCUT2D eigenvalue weighted by atomic mass is 10.1. The summed E-state index contributed by atoms with van der Waals surface area (Å²) >= 11 is 0. The highest BCUT2D eigenvalue weighted by atomic mass is 16.5. The molecule has 0 radical (unpaired) electrons. The van der Waals surface area contributed by atoms with Crippen LogP contribution >= 0.6 is 0 Å². The van der Waals surface area contributed by atoms with Gasteiger partial charge < -0.3 is 15.4 Å². The highest BCUT2D eigenvalue weighted by Crippen LogP contribution is 2.09. The number of hydrogen-bond acceptors (Lipinski definition) is 4. The van der Waals surface area contributed by atoms with Crippen molar-refractivity contribution < 1.29 is 19.1 Å². The molecule has 0 aliphatic heterocycles. The number of ether oxygens (including phenoxy) is 1. The number of carbonyl (C=O) groups is 3. The van der Waals surface area contributed by atoms with Crippen LogP contribution in [0.2, 0.25) is 0 Å². The first-order chi connectivity index (χ1) is 13.1. The first-order valence-electron chi connectivity index (χ1n) is 8.93. The fourth-order valence-electron chi connectivity index (χ4n) is 2.54. The van der Waals surface area contributed by atoms with E-state index in [2.05, 4.69) is 10.6 Å². The van der Waals surface area contributed by atoms with Crippen LogP contribution in [-0.2, 0) is 25.5 Å². The quantitative estimate of drug-likeness (QED) is 0.667. The highest BCUT2D eigenvalue weighted by molar-refractivity contribution is 5.97. The molecular formula is C21H24N2O4. The van der Waals surface area contributed by atoms with Gasteiger partial charge in [0.25, 0.3) is 0 Å². The molecule has 27 heavy (non-hydrogen) atoms. The second-order valence-electron chi connectivity index (χ2n) is 5.98. The van der Waals surface area contributed by atoms with Crippen molar-refractivity contribution in [3.8, 4) is 0 Å². The van der Waals surface area contributed by atoms with Crippen molar-refractivity contribution in [1.82, 2.24) is 5.32 Å². The number of rotatable bonds is 9. The van der Waals surface area contributed by atoms with E-state index in [1.165, 1.54) is 0 Å². The van der Waals surface area contributed by atoms with Crippen LogP contribution in [0, 0.1) is 0 Å². The molecule has 0 heterocycles. The lowest BCUT2D eigenvalue weighted by Crippen LogP contribution is -2.44. The van der Waals surface area contributed by atoms with E-state index in [9.17, 15) is 14.4 Å². The number of esters is 1. The second-order valence-corrected chi connectivity index (χ2v) is 5.98. The summed E-state index contributed by atoms with van der Waals surface area (Å²) < 4.78 is 4.91. The Hall–Kier alpha value is -3.15. The van der Waals surface area contributed by atoms with E-state index in [1.54, 1.807) is 31.2 Å². The molecule has 0 aliphatic carbocycles. The van der Waals surface area contributed by atoms with Gasteiger partial charge in [0.05, 0.1) is 13.0 Å². The fraction of sp³-hybridized carbons (Fsp3) is 0.286. The van der Waals surface area contributed by atoms with Crippen LogP contribution in [0.4, 0.5) is 5.69 Å². The molecule has 0 bridgehead atoms. The second kappa shape index (κ2) is 10.8. The minimum absolute atomic E-state index is 0.0479. The molecule has 0 aromatic heterocycles. The van der Waals surface area contributed by atoms with E-state index in [0.29, 0.717) is 5.69 Å². The van der Waals surface area contributed by atoms with Crippen LogP contribution in [0.3, 0.4) is 0 Å². The Morgan fingerprint density at radius 1 is 0.963 bits per heavy atom. The van der Waals surface area contributed by atoms with Crippen molar-refractivity contribution in [1.29, 1.82) is 0 Å². The summed E-state index contributed by atoms with van der Waals surface area (Å²) in [4.78, 5) is 36.6. The maximum atomic E-state index is 12.6. The molecule has 0 saturated heterocycles. The largest absolute Gasteiger partial charge is 0.466 e. The fourth-order valence-corrected chi connectivity index (χ4v) is 2.54. The average molecular weight is 368 g/mol. The van der Waals surface area contributed by atoms with Crippen molar-refractivity contribution in [3.63, 3.8) is 0 Å². The molecule has 0 unspecified atom stereocenters. The normalized spacial score (nSPS) is 11.3. The Morgan fingerprint density at radius 3 is 2.22 bits per heavy atom. The highest BCUT2D eigenvalue weighted by Gasteiger charge is 2.22. The Labute approximate surface area is 158 Å². The van der Waals surface area contributed by atoms with Gasteiger partial charge in [-0.05, 0) is 31.0 Å². The molecule has 142 valence electrons. The molecule has 6 heteroatoms. The van der Waals surface area contributed by atoms with Crippen LogP contribution in [-0.4, -0.2) is 30.4 Å². The lowest BCUT2D eigenvalue weighted by Gasteiger charge is -2.18. The third-order valence-electron chi connectivity index (χ3n) is 3.84. The maximum Gasteiger partial charge on any atom is 0.305 e. The molecule has 0 saturated carbocycles. The van der Waals surface area contributed by atoms with Crippen molar-refractivity contribution in [2.45, 2.75) is 32.2 Å².